The van der Waals surface area contributed by atoms with Crippen LogP contribution in [-0.2, 0) is 19.0 Å². The second-order valence-corrected chi connectivity index (χ2v) is 10.6. The average molecular weight is 413 g/mol. The molecule has 2 saturated heterocycles. The summed E-state index contributed by atoms with van der Waals surface area (Å²) >= 11 is 6.82. The van der Waals surface area contributed by atoms with Gasteiger partial charge in [0, 0.05) is 11.0 Å². The first-order chi connectivity index (χ1) is 13.0. The van der Waals surface area contributed by atoms with E-state index in [0.717, 1.165) is 11.1 Å². The van der Waals surface area contributed by atoms with Crippen molar-refractivity contribution in [1.82, 2.24) is 0 Å². The maximum Gasteiger partial charge on any atom is 0.334 e. The van der Waals surface area contributed by atoms with Crippen molar-refractivity contribution in [1.29, 1.82) is 0 Å². The molecule has 2 bridgehead atoms. The summed E-state index contributed by atoms with van der Waals surface area (Å²) in [6, 6.07) is 0. The molecule has 2 saturated carbocycles. The molecule has 0 aromatic heterocycles. The molecule has 0 amide bonds. The van der Waals surface area contributed by atoms with E-state index >= 15 is 0 Å². The molecule has 3 heterocycles. The topological polar surface area (TPSA) is 109 Å². The number of fused-ring (bicyclic) bond motifs is 3. The molecular weight excluding hydrogens is 388 g/mol. The third-order valence-corrected chi connectivity index (χ3v) is 9.46. The second-order valence-electron chi connectivity index (χ2n) is 10.1. The van der Waals surface area contributed by atoms with Crippen LogP contribution in [0, 0.1) is 11.3 Å². The van der Waals surface area contributed by atoms with Gasteiger partial charge in [-0.15, -0.1) is 11.6 Å². The maximum absolute atomic E-state index is 12.1. The zero-order valence-corrected chi connectivity index (χ0v) is 16.8. The third kappa shape index (κ3) is 1.46. The molecule has 0 aromatic carbocycles. The van der Waals surface area contributed by atoms with Gasteiger partial charge in [-0.05, 0) is 44.6 Å². The number of hydrogen-bond donors (Lipinski definition) is 3. The predicted octanol–water partition coefficient (Wildman–Crippen LogP) is 0.419. The van der Waals surface area contributed by atoms with Gasteiger partial charge in [-0.25, -0.2) is 4.79 Å². The van der Waals surface area contributed by atoms with Crippen LogP contribution in [0.3, 0.4) is 0 Å². The number of carbonyl (C=O) groups excluding carboxylic acids is 1. The minimum Gasteiger partial charge on any atom is -0.458 e. The van der Waals surface area contributed by atoms with Gasteiger partial charge in [-0.3, -0.25) is 0 Å². The molecule has 6 rings (SSSR count). The van der Waals surface area contributed by atoms with E-state index < -0.39 is 51.5 Å². The van der Waals surface area contributed by atoms with Crippen molar-refractivity contribution in [2.24, 2.45) is 11.3 Å². The van der Waals surface area contributed by atoms with E-state index in [2.05, 4.69) is 6.92 Å². The zero-order valence-electron chi connectivity index (χ0n) is 16.1. The van der Waals surface area contributed by atoms with E-state index in [1.807, 2.05) is 0 Å². The predicted molar refractivity (Wildman–Crippen MR) is 95.5 cm³/mol. The fourth-order valence-electron chi connectivity index (χ4n) is 7.52. The summed E-state index contributed by atoms with van der Waals surface area (Å²) in [5.41, 5.74) is -4.61. The van der Waals surface area contributed by atoms with Gasteiger partial charge in [-0.2, -0.15) is 0 Å². The number of aliphatic hydroxyl groups excluding tert-OH is 1. The van der Waals surface area contributed by atoms with Crippen molar-refractivity contribution >= 4 is 17.6 Å². The maximum atomic E-state index is 12.1. The Hall–Kier alpha value is -0.700. The summed E-state index contributed by atoms with van der Waals surface area (Å²) in [5.74, 6) is -0.340. The zero-order chi connectivity index (χ0) is 20.1. The van der Waals surface area contributed by atoms with E-state index in [1.165, 1.54) is 0 Å². The number of alkyl halides is 1. The van der Waals surface area contributed by atoms with Crippen LogP contribution in [-0.4, -0.2) is 74.0 Å². The van der Waals surface area contributed by atoms with Crippen LogP contribution < -0.4 is 0 Å². The van der Waals surface area contributed by atoms with Gasteiger partial charge in [0.05, 0.1) is 17.1 Å². The first-order valence-corrected chi connectivity index (χ1v) is 10.4. The highest BCUT2D eigenvalue weighted by atomic mass is 35.5. The Kier molecular flexibility index (Phi) is 2.99. The quantitative estimate of drug-likeness (QED) is 0.325. The van der Waals surface area contributed by atoms with Crippen LogP contribution in [0.2, 0.25) is 0 Å². The fourth-order valence-corrected chi connectivity index (χ4v) is 8.18. The van der Waals surface area contributed by atoms with Gasteiger partial charge < -0.3 is 29.5 Å². The Balaban J connectivity index is 1.57. The van der Waals surface area contributed by atoms with Crippen molar-refractivity contribution in [3.8, 4) is 0 Å². The number of rotatable bonds is 1. The van der Waals surface area contributed by atoms with E-state index in [4.69, 9.17) is 25.8 Å². The molecule has 1 spiro atoms. The summed E-state index contributed by atoms with van der Waals surface area (Å²) in [6.45, 7) is 5.40. The van der Waals surface area contributed by atoms with Gasteiger partial charge in [-0.1, -0.05) is 6.92 Å². The molecule has 3 aliphatic carbocycles. The number of hydrogen-bond acceptors (Lipinski definition) is 7. The van der Waals surface area contributed by atoms with Crippen LogP contribution in [0.1, 0.15) is 40.0 Å². The first kappa shape index (κ1) is 18.1. The minimum atomic E-state index is -1.67. The third-order valence-electron chi connectivity index (χ3n) is 8.91. The molecule has 0 radical (unpaired) electrons. The van der Waals surface area contributed by atoms with Gasteiger partial charge >= 0.3 is 5.97 Å². The standard InChI is InChI=1S/C20H25ClO7/c1-16(2,24)19-12(21)13-20(28-13)17(3)5-4-8-9(7-26-14(8)22)10(17)6-11(27-19)18(20,25)15(19)23/h10-13,15,23-25H,4-7H2,1-3H3/t10-,11+,12+,13-,15-,17-,18+,19+,20+/m0/s1. The Labute approximate surface area is 167 Å². The number of epoxide rings is 1. The number of carbonyl (C=O) groups is 1. The van der Waals surface area contributed by atoms with Crippen LogP contribution in [0.25, 0.3) is 0 Å². The lowest BCUT2D eigenvalue weighted by atomic mass is 9.45. The number of cyclic esters (lactones) is 1. The average Bonchev–Trinajstić information content (AvgIpc) is 3.22. The molecular formula is C20H25ClO7. The Morgan fingerprint density at radius 2 is 2.00 bits per heavy atom. The van der Waals surface area contributed by atoms with Crippen LogP contribution in [0.5, 0.6) is 0 Å². The monoisotopic (exact) mass is 412 g/mol. The lowest BCUT2D eigenvalue weighted by Crippen LogP contribution is -2.78. The largest absolute Gasteiger partial charge is 0.458 e. The van der Waals surface area contributed by atoms with Crippen molar-refractivity contribution in [2.45, 2.75) is 86.1 Å². The Morgan fingerprint density at radius 3 is 2.68 bits per heavy atom. The molecule has 3 aliphatic heterocycles. The molecule has 9 atom stereocenters. The summed E-state index contributed by atoms with van der Waals surface area (Å²) < 4.78 is 17.8. The van der Waals surface area contributed by atoms with Crippen LogP contribution >= 0.6 is 11.6 Å². The van der Waals surface area contributed by atoms with Crippen LogP contribution in [0.4, 0.5) is 0 Å². The summed E-state index contributed by atoms with van der Waals surface area (Å²) in [7, 11) is 0. The number of esters is 1. The van der Waals surface area contributed by atoms with Crippen molar-refractivity contribution in [2.75, 3.05) is 6.61 Å². The highest BCUT2D eigenvalue weighted by Gasteiger charge is 2.95. The molecule has 6 aliphatic rings. The van der Waals surface area contributed by atoms with Crippen LogP contribution in [0.15, 0.2) is 11.1 Å². The SMILES string of the molecule is CC(C)(O)[C@@]12O[C@@H]3C[C@H]4C5=C(CC[C@]4(C)[C@@]4(O[C@H]4[C@H]1Cl)[C@]3(O)[C@@H]2O)C(=O)OC5. The second kappa shape index (κ2) is 4.63. The van der Waals surface area contributed by atoms with E-state index in [9.17, 15) is 20.1 Å². The molecule has 7 nitrogen and oxygen atoms in total. The van der Waals surface area contributed by atoms with Gasteiger partial charge in [0.15, 0.2) is 5.60 Å². The minimum absolute atomic E-state index is 0.0789. The molecule has 154 valence electrons. The van der Waals surface area contributed by atoms with Crippen molar-refractivity contribution < 1.29 is 34.3 Å². The highest BCUT2D eigenvalue weighted by molar-refractivity contribution is 6.22. The van der Waals surface area contributed by atoms with Gasteiger partial charge in [0.1, 0.15) is 30.0 Å². The Bertz CT molecular complexity index is 850. The van der Waals surface area contributed by atoms with Gasteiger partial charge in [0.2, 0.25) is 0 Å². The van der Waals surface area contributed by atoms with Gasteiger partial charge in [0.25, 0.3) is 0 Å². The number of ether oxygens (including phenoxy) is 3. The van der Waals surface area contributed by atoms with Crippen molar-refractivity contribution in [3.63, 3.8) is 0 Å². The molecule has 0 unspecified atom stereocenters. The Morgan fingerprint density at radius 1 is 1.29 bits per heavy atom. The summed E-state index contributed by atoms with van der Waals surface area (Å²) in [6.07, 6.45) is -1.10. The van der Waals surface area contributed by atoms with E-state index in [0.29, 0.717) is 19.3 Å². The number of halogens is 1. The van der Waals surface area contributed by atoms with E-state index in [1.54, 1.807) is 13.8 Å². The lowest BCUT2D eigenvalue weighted by Gasteiger charge is -2.59. The normalized spacial score (nSPS) is 58.8. The molecule has 8 heteroatoms. The molecule has 4 fully saturated rings. The highest BCUT2D eigenvalue weighted by Crippen LogP contribution is 2.78. The lowest BCUT2D eigenvalue weighted by molar-refractivity contribution is -0.209. The smallest absolute Gasteiger partial charge is 0.334 e. The first-order valence-electron chi connectivity index (χ1n) is 9.98. The van der Waals surface area contributed by atoms with Crippen molar-refractivity contribution in [3.05, 3.63) is 11.1 Å². The fraction of sp³-hybridized carbons (Fsp3) is 0.850. The summed E-state index contributed by atoms with van der Waals surface area (Å²) in [4.78, 5) is 12.1. The molecule has 0 aromatic rings. The number of aliphatic hydroxyl groups is 3. The molecule has 3 N–H and O–H groups in total. The molecule has 28 heavy (non-hydrogen) atoms. The van der Waals surface area contributed by atoms with E-state index in [-0.39, 0.29) is 18.5 Å². The summed E-state index contributed by atoms with van der Waals surface area (Å²) in [5, 5.41) is 33.4.